The first-order chi connectivity index (χ1) is 10.8. The highest BCUT2D eigenvalue weighted by atomic mass is 28.4. The van der Waals surface area contributed by atoms with Gasteiger partial charge in [-0.1, -0.05) is 71.9 Å². The number of hydrogen-bond donors (Lipinski definition) is 0. The van der Waals surface area contributed by atoms with E-state index in [-0.39, 0.29) is 21.3 Å². The fraction of sp³-hybridized carbons (Fsp3) is 0.650. The molecule has 1 atom stereocenters. The number of ether oxygens (including phenoxy) is 1. The van der Waals surface area contributed by atoms with Gasteiger partial charge in [0.2, 0.25) is 0 Å². The molecule has 1 aliphatic rings. The number of nitrogens with zero attached hydrogens (tertiary/aromatic N) is 1. The fourth-order valence-electron chi connectivity index (χ4n) is 3.92. The third-order valence-corrected chi connectivity index (χ3v) is 10.8. The second kappa shape index (κ2) is 5.90. The Hall–Kier alpha value is -1.29. The van der Waals surface area contributed by atoms with Crippen LogP contribution in [0, 0.1) is 0 Å². The molecule has 0 N–H and O–H groups in total. The molecule has 0 fully saturated rings. The highest BCUT2D eigenvalue weighted by molar-refractivity contribution is 6.82. The summed E-state index contributed by atoms with van der Waals surface area (Å²) in [4.78, 5) is 4.96. The molecular weight excluding hydrogens is 314 g/mol. The molecule has 1 unspecified atom stereocenters. The van der Waals surface area contributed by atoms with Crippen molar-refractivity contribution in [2.45, 2.75) is 83.7 Å². The lowest BCUT2D eigenvalue weighted by molar-refractivity contribution is 0.0836. The largest absolute Gasteiger partial charge is 0.501 e. The lowest BCUT2D eigenvalue weighted by atomic mass is 10.2. The van der Waals surface area contributed by atoms with Crippen LogP contribution in [0.4, 0.5) is 0 Å². The molecule has 1 aromatic rings. The van der Waals surface area contributed by atoms with Crippen molar-refractivity contribution in [2.24, 2.45) is 4.99 Å². The van der Waals surface area contributed by atoms with Crippen LogP contribution in [0.5, 0.6) is 0 Å². The van der Waals surface area contributed by atoms with E-state index in [0.717, 1.165) is 0 Å². The summed E-state index contributed by atoms with van der Waals surface area (Å²) in [6.07, 6.45) is 0.466. The smallest absolute Gasteiger partial charge is 0.370 e. The molecule has 0 amide bonds. The summed E-state index contributed by atoms with van der Waals surface area (Å²) in [7, 11) is -2.40. The SMILES string of the molecule is CC(C)(C)OC1=NC(c2ccccc2)[Si](C(C)(C)C)(C(C)(C)C)O1. The Labute approximate surface area is 148 Å². The lowest BCUT2D eigenvalue weighted by Gasteiger charge is -2.49. The monoisotopic (exact) mass is 347 g/mol. The van der Waals surface area contributed by atoms with E-state index >= 15 is 0 Å². The van der Waals surface area contributed by atoms with Crippen LogP contribution in [0.2, 0.25) is 10.1 Å². The van der Waals surface area contributed by atoms with Crippen molar-refractivity contribution in [3.63, 3.8) is 0 Å². The highest BCUT2D eigenvalue weighted by Gasteiger charge is 2.66. The van der Waals surface area contributed by atoms with Crippen molar-refractivity contribution in [1.82, 2.24) is 0 Å². The second-order valence-corrected chi connectivity index (χ2v) is 15.0. The van der Waals surface area contributed by atoms with E-state index < -0.39 is 8.32 Å². The fourth-order valence-corrected chi connectivity index (χ4v) is 9.85. The van der Waals surface area contributed by atoms with Gasteiger partial charge in [-0.25, -0.2) is 4.99 Å². The standard InChI is InChI=1S/C20H33NO2Si/c1-18(2,3)22-17-21-16(15-13-11-10-12-14-15)24(23-17,19(4,5)6)20(7,8)9/h10-14,16H,1-9H3. The van der Waals surface area contributed by atoms with E-state index in [1.807, 2.05) is 26.8 Å². The number of aliphatic imine (C=N–C) groups is 1. The van der Waals surface area contributed by atoms with Crippen molar-refractivity contribution < 1.29 is 9.16 Å². The molecule has 0 bridgehead atoms. The van der Waals surface area contributed by atoms with Crippen LogP contribution in [-0.4, -0.2) is 20.0 Å². The lowest BCUT2D eigenvalue weighted by Crippen LogP contribution is -2.57. The van der Waals surface area contributed by atoms with E-state index in [9.17, 15) is 0 Å². The zero-order valence-corrected chi connectivity index (χ0v) is 17.7. The van der Waals surface area contributed by atoms with Crippen LogP contribution < -0.4 is 0 Å². The van der Waals surface area contributed by atoms with Crippen molar-refractivity contribution in [3.8, 4) is 0 Å². The number of rotatable bonds is 1. The minimum absolute atomic E-state index is 0.0122. The van der Waals surface area contributed by atoms with Gasteiger partial charge in [0, 0.05) is 0 Å². The van der Waals surface area contributed by atoms with Gasteiger partial charge in [-0.05, 0) is 36.4 Å². The summed E-state index contributed by atoms with van der Waals surface area (Å²) in [5.41, 5.74) is 0.943. The van der Waals surface area contributed by atoms with Gasteiger partial charge in [0.25, 0.3) is 8.32 Å². The number of benzene rings is 1. The predicted octanol–water partition coefficient (Wildman–Crippen LogP) is 6.01. The molecule has 0 aromatic heterocycles. The maximum atomic E-state index is 6.69. The van der Waals surface area contributed by atoms with E-state index in [2.05, 4.69) is 65.8 Å². The molecule has 2 rings (SSSR count). The second-order valence-electron chi connectivity index (χ2n) is 9.76. The molecule has 0 saturated heterocycles. The maximum Gasteiger partial charge on any atom is 0.370 e. The Morgan fingerprint density at radius 2 is 1.38 bits per heavy atom. The molecule has 0 spiro atoms. The molecule has 4 heteroatoms. The summed E-state index contributed by atoms with van der Waals surface area (Å²) in [5, 5.41) is 0.0243. The minimum Gasteiger partial charge on any atom is -0.501 e. The summed E-state index contributed by atoms with van der Waals surface area (Å²) in [6, 6.07) is 10.5. The third-order valence-electron chi connectivity index (χ3n) is 4.61. The van der Waals surface area contributed by atoms with Crippen molar-refractivity contribution in [2.75, 3.05) is 0 Å². The van der Waals surface area contributed by atoms with Gasteiger partial charge in [0.15, 0.2) is 0 Å². The van der Waals surface area contributed by atoms with E-state index in [4.69, 9.17) is 14.2 Å². The molecule has 0 radical (unpaired) electrons. The van der Waals surface area contributed by atoms with Gasteiger partial charge in [0.05, 0.1) is 0 Å². The first-order valence-electron chi connectivity index (χ1n) is 8.79. The summed E-state index contributed by atoms with van der Waals surface area (Å²) in [5.74, 6) is 0. The molecule has 0 aliphatic carbocycles. The topological polar surface area (TPSA) is 30.8 Å². The van der Waals surface area contributed by atoms with Gasteiger partial charge in [-0.2, -0.15) is 0 Å². The Morgan fingerprint density at radius 3 is 1.79 bits per heavy atom. The van der Waals surface area contributed by atoms with Gasteiger partial charge >= 0.3 is 6.08 Å². The first kappa shape index (κ1) is 19.0. The zero-order valence-electron chi connectivity index (χ0n) is 16.7. The van der Waals surface area contributed by atoms with Crippen LogP contribution in [0.1, 0.15) is 73.5 Å². The van der Waals surface area contributed by atoms with Gasteiger partial charge in [-0.3, -0.25) is 0 Å². The van der Waals surface area contributed by atoms with E-state index in [0.29, 0.717) is 6.08 Å². The molecule has 1 heterocycles. The Kier molecular flexibility index (Phi) is 4.68. The minimum atomic E-state index is -2.40. The molecule has 3 nitrogen and oxygen atoms in total. The van der Waals surface area contributed by atoms with Gasteiger partial charge in [0.1, 0.15) is 11.3 Å². The quantitative estimate of drug-likeness (QED) is 0.582. The average Bonchev–Trinajstić information content (AvgIpc) is 2.77. The Morgan fingerprint density at radius 1 is 0.875 bits per heavy atom. The molecule has 24 heavy (non-hydrogen) atoms. The molecule has 134 valence electrons. The summed E-state index contributed by atoms with van der Waals surface area (Å²) < 4.78 is 12.7. The molecule has 0 saturated carbocycles. The first-order valence-corrected chi connectivity index (χ1v) is 10.8. The van der Waals surface area contributed by atoms with E-state index in [1.54, 1.807) is 0 Å². The van der Waals surface area contributed by atoms with Crippen LogP contribution >= 0.6 is 0 Å². The predicted molar refractivity (Wildman–Crippen MR) is 104 cm³/mol. The summed E-state index contributed by atoms with van der Waals surface area (Å²) in [6.45, 7) is 19.8. The maximum absolute atomic E-state index is 6.69. The Balaban J connectivity index is 2.61. The highest BCUT2D eigenvalue weighted by Crippen LogP contribution is 2.60. The third kappa shape index (κ3) is 3.39. The van der Waals surface area contributed by atoms with Crippen LogP contribution in [0.25, 0.3) is 0 Å². The van der Waals surface area contributed by atoms with Gasteiger partial charge in [-0.15, -0.1) is 0 Å². The average molecular weight is 348 g/mol. The zero-order chi connectivity index (χ0) is 18.4. The molecule has 1 aliphatic heterocycles. The van der Waals surface area contributed by atoms with Crippen LogP contribution in [-0.2, 0) is 9.16 Å². The normalized spacial score (nSPS) is 21.2. The molecular formula is C20H33NO2Si. The van der Waals surface area contributed by atoms with Gasteiger partial charge < -0.3 is 9.16 Å². The van der Waals surface area contributed by atoms with Crippen LogP contribution in [0.15, 0.2) is 35.3 Å². The number of hydrogen-bond acceptors (Lipinski definition) is 3. The molecule has 1 aromatic carbocycles. The summed E-state index contributed by atoms with van der Waals surface area (Å²) >= 11 is 0. The van der Waals surface area contributed by atoms with Crippen molar-refractivity contribution >= 4 is 14.4 Å². The van der Waals surface area contributed by atoms with Crippen molar-refractivity contribution in [1.29, 1.82) is 0 Å². The Bertz CT molecular complexity index is 589. The van der Waals surface area contributed by atoms with E-state index in [1.165, 1.54) is 5.56 Å². The van der Waals surface area contributed by atoms with Crippen LogP contribution in [0.3, 0.4) is 0 Å². The van der Waals surface area contributed by atoms with Crippen molar-refractivity contribution in [3.05, 3.63) is 35.9 Å².